The zero-order chi connectivity index (χ0) is 13.8. The van der Waals surface area contributed by atoms with Gasteiger partial charge in [-0.1, -0.05) is 66.8 Å². The molecule has 1 saturated heterocycles. The molecule has 104 valence electrons. The largest absolute Gasteiger partial charge is 0.300 e. The Morgan fingerprint density at radius 2 is 1.68 bits per heavy atom. The molecule has 1 aliphatic heterocycles. The monoisotopic (exact) mass is 371 g/mol. The zero-order valence-electron chi connectivity index (χ0n) is 11.7. The number of alkyl halides is 1. The lowest BCUT2D eigenvalue weighted by Gasteiger charge is -2.44. The highest BCUT2D eigenvalue weighted by atomic mass is 127. The fourth-order valence-electron chi connectivity index (χ4n) is 2.98. The third-order valence-corrected chi connectivity index (χ3v) is 5.41. The Hall–Kier alpha value is -0.420. The lowest BCUT2D eigenvalue weighted by molar-refractivity contribution is -0.125. The van der Waals surface area contributed by atoms with Crippen molar-refractivity contribution in [2.24, 2.45) is 0 Å². The maximum Gasteiger partial charge on any atom is 0.136 e. The standard InChI is InChI=1S/C16H22INO/c1-3-13-10-15(19)11-14(4-2)18(13)16(17)12-8-6-5-7-9-12/h5-9,13-14,16H,3-4,10-11H2,1-2H3. The van der Waals surface area contributed by atoms with Gasteiger partial charge < -0.3 is 0 Å². The predicted octanol–water partition coefficient (Wildman–Crippen LogP) is 4.34. The molecule has 0 saturated carbocycles. The van der Waals surface area contributed by atoms with Gasteiger partial charge in [-0.2, -0.15) is 0 Å². The van der Waals surface area contributed by atoms with E-state index in [2.05, 4.69) is 71.7 Å². The fraction of sp³-hybridized carbons (Fsp3) is 0.562. The van der Waals surface area contributed by atoms with Crippen molar-refractivity contribution in [3.05, 3.63) is 35.9 Å². The Kier molecular flexibility index (Phi) is 5.39. The maximum atomic E-state index is 11.9. The number of carbonyl (C=O) groups is 1. The first-order valence-corrected chi connectivity index (χ1v) is 8.40. The molecule has 3 atom stereocenters. The van der Waals surface area contributed by atoms with Gasteiger partial charge in [0.2, 0.25) is 0 Å². The molecule has 0 radical (unpaired) electrons. The Morgan fingerprint density at radius 1 is 1.16 bits per heavy atom. The summed E-state index contributed by atoms with van der Waals surface area (Å²) >= 11 is 2.53. The van der Waals surface area contributed by atoms with Crippen LogP contribution in [0, 0.1) is 0 Å². The molecule has 19 heavy (non-hydrogen) atoms. The molecular weight excluding hydrogens is 349 g/mol. The van der Waals surface area contributed by atoms with E-state index in [1.54, 1.807) is 0 Å². The van der Waals surface area contributed by atoms with Crippen molar-refractivity contribution in [3.63, 3.8) is 0 Å². The van der Waals surface area contributed by atoms with Crippen LogP contribution in [0.25, 0.3) is 0 Å². The SMILES string of the molecule is CCC1CC(=O)CC(CC)N1C(I)c1ccccc1. The molecular formula is C16H22INO. The smallest absolute Gasteiger partial charge is 0.136 e. The van der Waals surface area contributed by atoms with E-state index < -0.39 is 0 Å². The second-order valence-electron chi connectivity index (χ2n) is 5.26. The fourth-order valence-corrected chi connectivity index (χ4v) is 4.31. The van der Waals surface area contributed by atoms with Crippen LogP contribution in [-0.4, -0.2) is 22.8 Å². The first kappa shape index (κ1) is 15.0. The summed E-state index contributed by atoms with van der Waals surface area (Å²) in [5.74, 6) is 0.437. The summed E-state index contributed by atoms with van der Waals surface area (Å²) in [4.78, 5) is 14.4. The van der Waals surface area contributed by atoms with Crippen molar-refractivity contribution >= 4 is 28.4 Å². The van der Waals surface area contributed by atoms with E-state index in [9.17, 15) is 4.79 Å². The zero-order valence-corrected chi connectivity index (χ0v) is 13.8. The van der Waals surface area contributed by atoms with E-state index in [0.29, 0.717) is 21.9 Å². The number of hydrogen-bond donors (Lipinski definition) is 0. The van der Waals surface area contributed by atoms with Crippen LogP contribution in [0.5, 0.6) is 0 Å². The van der Waals surface area contributed by atoms with Crippen LogP contribution in [-0.2, 0) is 4.79 Å². The molecule has 1 aliphatic rings. The Bertz CT molecular complexity index is 404. The van der Waals surface area contributed by atoms with Crippen LogP contribution < -0.4 is 0 Å². The number of piperidine rings is 1. The molecule has 2 nitrogen and oxygen atoms in total. The van der Waals surface area contributed by atoms with Crippen molar-refractivity contribution in [2.45, 2.75) is 55.7 Å². The number of rotatable bonds is 4. The van der Waals surface area contributed by atoms with E-state index in [4.69, 9.17) is 0 Å². The van der Waals surface area contributed by atoms with Crippen LogP contribution in [0.2, 0.25) is 0 Å². The molecule has 2 rings (SSSR count). The van der Waals surface area contributed by atoms with Gasteiger partial charge in [-0.25, -0.2) is 0 Å². The summed E-state index contributed by atoms with van der Waals surface area (Å²) in [5, 5.41) is 0. The van der Waals surface area contributed by atoms with Gasteiger partial charge in [0.1, 0.15) is 5.78 Å². The molecule has 0 aromatic heterocycles. The van der Waals surface area contributed by atoms with Crippen LogP contribution in [0.15, 0.2) is 30.3 Å². The summed E-state index contributed by atoms with van der Waals surface area (Å²) < 4.78 is 0.363. The summed E-state index contributed by atoms with van der Waals surface area (Å²) in [6.45, 7) is 4.38. The predicted molar refractivity (Wildman–Crippen MR) is 87.4 cm³/mol. The normalized spacial score (nSPS) is 26.4. The summed E-state index contributed by atoms with van der Waals surface area (Å²) in [7, 11) is 0. The van der Waals surface area contributed by atoms with Crippen molar-refractivity contribution in [1.82, 2.24) is 4.90 Å². The average Bonchev–Trinajstić information content (AvgIpc) is 2.46. The molecule has 3 heteroatoms. The Labute approximate surface area is 129 Å². The number of Topliss-reactive ketones (excluding diaryl/α,β-unsaturated/α-hetero) is 1. The van der Waals surface area contributed by atoms with Crippen LogP contribution in [0.3, 0.4) is 0 Å². The van der Waals surface area contributed by atoms with Gasteiger partial charge in [0.15, 0.2) is 0 Å². The highest BCUT2D eigenvalue weighted by molar-refractivity contribution is 14.1. The minimum atomic E-state index is 0.363. The molecule has 0 spiro atoms. The molecule has 1 aromatic rings. The van der Waals surface area contributed by atoms with E-state index in [1.165, 1.54) is 5.56 Å². The first-order chi connectivity index (χ1) is 9.17. The quantitative estimate of drug-likeness (QED) is 0.446. The molecule has 0 aliphatic carbocycles. The number of carbonyl (C=O) groups excluding carboxylic acids is 1. The van der Waals surface area contributed by atoms with Gasteiger partial charge in [0, 0.05) is 24.9 Å². The number of likely N-dealkylation sites (tertiary alicyclic amines) is 1. The van der Waals surface area contributed by atoms with Gasteiger partial charge in [-0.3, -0.25) is 9.69 Å². The first-order valence-electron chi connectivity index (χ1n) is 7.15. The van der Waals surface area contributed by atoms with E-state index in [0.717, 1.165) is 25.7 Å². The highest BCUT2D eigenvalue weighted by Gasteiger charge is 2.36. The maximum absolute atomic E-state index is 11.9. The van der Waals surface area contributed by atoms with Crippen molar-refractivity contribution in [2.75, 3.05) is 0 Å². The van der Waals surface area contributed by atoms with E-state index in [-0.39, 0.29) is 0 Å². The number of hydrogen-bond acceptors (Lipinski definition) is 2. The van der Waals surface area contributed by atoms with Crippen molar-refractivity contribution in [1.29, 1.82) is 0 Å². The Balaban J connectivity index is 2.25. The van der Waals surface area contributed by atoms with Crippen molar-refractivity contribution in [3.8, 4) is 0 Å². The molecule has 1 aromatic carbocycles. The van der Waals surface area contributed by atoms with Gasteiger partial charge in [-0.05, 0) is 18.4 Å². The van der Waals surface area contributed by atoms with Crippen LogP contribution in [0.4, 0.5) is 0 Å². The number of benzene rings is 1. The Morgan fingerprint density at radius 3 is 2.16 bits per heavy atom. The summed E-state index contributed by atoms with van der Waals surface area (Å²) in [6, 6.07) is 11.4. The summed E-state index contributed by atoms with van der Waals surface area (Å²) in [6.07, 6.45) is 3.54. The van der Waals surface area contributed by atoms with Crippen LogP contribution >= 0.6 is 22.6 Å². The summed E-state index contributed by atoms with van der Waals surface area (Å²) in [5.41, 5.74) is 1.34. The minimum Gasteiger partial charge on any atom is -0.300 e. The number of halogens is 1. The number of nitrogens with zero attached hydrogens (tertiary/aromatic N) is 1. The lowest BCUT2D eigenvalue weighted by atomic mass is 9.91. The van der Waals surface area contributed by atoms with Crippen LogP contribution in [0.1, 0.15) is 49.1 Å². The number of ketones is 1. The lowest BCUT2D eigenvalue weighted by Crippen LogP contribution is -2.49. The van der Waals surface area contributed by atoms with Gasteiger partial charge >= 0.3 is 0 Å². The van der Waals surface area contributed by atoms with E-state index in [1.807, 2.05) is 0 Å². The molecule has 1 heterocycles. The second-order valence-corrected chi connectivity index (χ2v) is 6.44. The van der Waals surface area contributed by atoms with Gasteiger partial charge in [0.05, 0.1) is 4.05 Å². The van der Waals surface area contributed by atoms with Gasteiger partial charge in [-0.15, -0.1) is 0 Å². The van der Waals surface area contributed by atoms with Gasteiger partial charge in [0.25, 0.3) is 0 Å². The molecule has 3 unspecified atom stereocenters. The highest BCUT2D eigenvalue weighted by Crippen LogP contribution is 2.37. The molecule has 0 N–H and O–H groups in total. The van der Waals surface area contributed by atoms with Crippen molar-refractivity contribution < 1.29 is 4.79 Å². The molecule has 0 amide bonds. The topological polar surface area (TPSA) is 20.3 Å². The third-order valence-electron chi connectivity index (χ3n) is 4.05. The average molecular weight is 371 g/mol. The third kappa shape index (κ3) is 3.37. The molecule has 1 fully saturated rings. The molecule has 0 bridgehead atoms. The van der Waals surface area contributed by atoms with E-state index >= 15 is 0 Å². The minimum absolute atomic E-state index is 0.363. The second kappa shape index (κ2) is 6.84.